The molecule has 0 saturated carbocycles. The van der Waals surface area contributed by atoms with E-state index < -0.39 is 0 Å². The molecule has 3 amide bonds. The van der Waals surface area contributed by atoms with Gasteiger partial charge in [0, 0.05) is 25.7 Å². The largest absolute Gasteiger partial charge is 0.350 e. The Morgan fingerprint density at radius 2 is 2.19 bits per heavy atom. The van der Waals surface area contributed by atoms with Crippen LogP contribution in [0, 0.1) is 0 Å². The van der Waals surface area contributed by atoms with E-state index in [1.807, 2.05) is 6.92 Å². The number of nitrogens with zero attached hydrogens (tertiary/aromatic N) is 1. The van der Waals surface area contributed by atoms with E-state index >= 15 is 0 Å². The fraction of sp³-hybridized carbons (Fsp3) is 0.778. The van der Waals surface area contributed by atoms with Gasteiger partial charge in [-0.05, 0) is 13.3 Å². The Hall–Kier alpha value is -1.01. The maximum atomic E-state index is 11.4. The van der Waals surface area contributed by atoms with Crippen molar-refractivity contribution in [2.75, 3.05) is 26.2 Å². The van der Waals surface area contributed by atoms with Gasteiger partial charge >= 0.3 is 6.03 Å². The van der Waals surface area contributed by atoms with Crippen molar-refractivity contribution >= 4 is 24.3 Å². The topological polar surface area (TPSA) is 87.5 Å². The van der Waals surface area contributed by atoms with Gasteiger partial charge in [-0.2, -0.15) is 0 Å². The monoisotopic (exact) mass is 250 g/mol. The molecule has 6 nitrogen and oxygen atoms in total. The third kappa shape index (κ3) is 4.24. The number of urea groups is 1. The first-order chi connectivity index (χ1) is 7.17. The molecular formula is C9H19ClN4O2. The first kappa shape index (κ1) is 15.0. The van der Waals surface area contributed by atoms with Crippen LogP contribution in [0.15, 0.2) is 0 Å². The number of rotatable bonds is 3. The van der Waals surface area contributed by atoms with E-state index in [0.717, 1.165) is 6.42 Å². The molecule has 1 aliphatic rings. The van der Waals surface area contributed by atoms with E-state index in [1.165, 1.54) is 0 Å². The first-order valence-corrected chi connectivity index (χ1v) is 5.19. The van der Waals surface area contributed by atoms with Gasteiger partial charge in [-0.3, -0.25) is 4.79 Å². The average molecular weight is 251 g/mol. The predicted octanol–water partition coefficient (Wildman–Crippen LogP) is -0.713. The second-order valence-corrected chi connectivity index (χ2v) is 3.54. The minimum absolute atomic E-state index is 0. The lowest BCUT2D eigenvalue weighted by molar-refractivity contribution is -0.120. The van der Waals surface area contributed by atoms with Crippen LogP contribution in [-0.2, 0) is 4.79 Å². The second kappa shape index (κ2) is 7.29. The van der Waals surface area contributed by atoms with Crippen molar-refractivity contribution in [3.05, 3.63) is 0 Å². The summed E-state index contributed by atoms with van der Waals surface area (Å²) in [6.45, 7) is 3.74. The minimum atomic E-state index is -0.169. The summed E-state index contributed by atoms with van der Waals surface area (Å²) in [4.78, 5) is 24.1. The van der Waals surface area contributed by atoms with Crippen LogP contribution < -0.4 is 16.4 Å². The highest BCUT2D eigenvalue weighted by Crippen LogP contribution is 2.08. The smallest absolute Gasteiger partial charge is 0.317 e. The lowest BCUT2D eigenvalue weighted by atomic mass is 10.2. The van der Waals surface area contributed by atoms with E-state index in [0.29, 0.717) is 19.6 Å². The summed E-state index contributed by atoms with van der Waals surface area (Å²) in [6, 6.07) is -0.0225. The molecule has 0 radical (unpaired) electrons. The molecule has 1 heterocycles. The summed E-state index contributed by atoms with van der Waals surface area (Å²) in [7, 11) is 0. The Balaban J connectivity index is 0.00000225. The molecule has 1 unspecified atom stereocenters. The maximum Gasteiger partial charge on any atom is 0.317 e. The van der Waals surface area contributed by atoms with Crippen molar-refractivity contribution in [2.45, 2.75) is 19.4 Å². The zero-order valence-electron chi connectivity index (χ0n) is 9.36. The number of hydrogen-bond acceptors (Lipinski definition) is 3. The molecule has 94 valence electrons. The number of halogens is 1. The number of amides is 3. The normalized spacial score (nSPS) is 18.9. The van der Waals surface area contributed by atoms with Gasteiger partial charge < -0.3 is 21.3 Å². The Labute approximate surface area is 101 Å². The van der Waals surface area contributed by atoms with Crippen molar-refractivity contribution in [1.29, 1.82) is 0 Å². The van der Waals surface area contributed by atoms with Crippen molar-refractivity contribution in [2.24, 2.45) is 5.73 Å². The highest BCUT2D eigenvalue weighted by molar-refractivity contribution is 5.85. The minimum Gasteiger partial charge on any atom is -0.350 e. The van der Waals surface area contributed by atoms with E-state index in [9.17, 15) is 9.59 Å². The molecule has 4 N–H and O–H groups in total. The van der Waals surface area contributed by atoms with Crippen LogP contribution >= 0.6 is 12.4 Å². The van der Waals surface area contributed by atoms with Crippen molar-refractivity contribution in [3.8, 4) is 0 Å². The van der Waals surface area contributed by atoms with Crippen LogP contribution in [0.25, 0.3) is 0 Å². The predicted molar refractivity (Wildman–Crippen MR) is 63.5 cm³/mol. The van der Waals surface area contributed by atoms with Crippen molar-refractivity contribution in [1.82, 2.24) is 15.5 Å². The number of nitrogens with one attached hydrogen (secondary N) is 2. The summed E-state index contributed by atoms with van der Waals surface area (Å²) in [5.41, 5.74) is 5.19. The first-order valence-electron chi connectivity index (χ1n) is 5.19. The van der Waals surface area contributed by atoms with Gasteiger partial charge in [-0.1, -0.05) is 0 Å². The number of carbonyl (C=O) groups excluding carboxylic acids is 2. The van der Waals surface area contributed by atoms with E-state index in [2.05, 4.69) is 10.6 Å². The van der Waals surface area contributed by atoms with Crippen LogP contribution in [0.1, 0.15) is 13.3 Å². The van der Waals surface area contributed by atoms with Gasteiger partial charge in [-0.25, -0.2) is 4.79 Å². The van der Waals surface area contributed by atoms with Crippen LogP contribution in [0.4, 0.5) is 4.79 Å². The molecule has 7 heteroatoms. The second-order valence-electron chi connectivity index (χ2n) is 3.54. The zero-order chi connectivity index (χ0) is 11.3. The molecule has 1 saturated heterocycles. The van der Waals surface area contributed by atoms with E-state index in [-0.39, 0.29) is 36.9 Å². The Morgan fingerprint density at radius 3 is 2.75 bits per heavy atom. The third-order valence-electron chi connectivity index (χ3n) is 2.35. The summed E-state index contributed by atoms with van der Waals surface area (Å²) in [5, 5.41) is 5.49. The van der Waals surface area contributed by atoms with Crippen molar-refractivity contribution in [3.63, 3.8) is 0 Å². The number of likely N-dealkylation sites (tertiary alicyclic amines) is 1. The summed E-state index contributed by atoms with van der Waals surface area (Å²) in [6.07, 6.45) is 0.795. The summed E-state index contributed by atoms with van der Waals surface area (Å²) >= 11 is 0. The number of carbonyl (C=O) groups is 2. The third-order valence-corrected chi connectivity index (χ3v) is 2.35. The quantitative estimate of drug-likeness (QED) is 0.618. The Kier molecular flexibility index (Phi) is 6.83. The Bertz CT molecular complexity index is 250. The van der Waals surface area contributed by atoms with Gasteiger partial charge in [0.25, 0.3) is 0 Å². The van der Waals surface area contributed by atoms with Crippen LogP contribution in [0.2, 0.25) is 0 Å². The van der Waals surface area contributed by atoms with Gasteiger partial charge in [0.15, 0.2) is 0 Å². The number of hydrogen-bond donors (Lipinski definition) is 3. The molecule has 0 aromatic carbocycles. The van der Waals surface area contributed by atoms with Crippen LogP contribution in [-0.4, -0.2) is 49.1 Å². The SMILES string of the molecule is CCNC(=O)N1CCC(NC(=O)CN)C1.Cl. The highest BCUT2D eigenvalue weighted by Gasteiger charge is 2.26. The van der Waals surface area contributed by atoms with Crippen LogP contribution in [0.3, 0.4) is 0 Å². The molecule has 1 aliphatic heterocycles. The van der Waals surface area contributed by atoms with Gasteiger partial charge in [0.1, 0.15) is 0 Å². The molecule has 16 heavy (non-hydrogen) atoms. The highest BCUT2D eigenvalue weighted by atomic mass is 35.5. The van der Waals surface area contributed by atoms with Crippen LogP contribution in [0.5, 0.6) is 0 Å². The molecular weight excluding hydrogens is 232 g/mol. The van der Waals surface area contributed by atoms with Gasteiger partial charge in [-0.15, -0.1) is 12.4 Å². The zero-order valence-corrected chi connectivity index (χ0v) is 10.2. The molecule has 0 aromatic heterocycles. The summed E-state index contributed by atoms with van der Waals surface area (Å²) in [5.74, 6) is -0.169. The standard InChI is InChI=1S/C9H18N4O2.ClH/c1-2-11-9(15)13-4-3-7(6-13)12-8(14)5-10;/h7H,2-6,10H2,1H3,(H,11,15)(H,12,14);1H. The van der Waals surface area contributed by atoms with Crippen molar-refractivity contribution < 1.29 is 9.59 Å². The lowest BCUT2D eigenvalue weighted by Gasteiger charge is -2.17. The molecule has 1 rings (SSSR count). The average Bonchev–Trinajstić information content (AvgIpc) is 2.66. The van der Waals surface area contributed by atoms with Gasteiger partial charge in [0.2, 0.25) is 5.91 Å². The Morgan fingerprint density at radius 1 is 1.50 bits per heavy atom. The van der Waals surface area contributed by atoms with E-state index in [1.54, 1.807) is 4.90 Å². The van der Waals surface area contributed by atoms with Gasteiger partial charge in [0.05, 0.1) is 6.54 Å². The van der Waals surface area contributed by atoms with E-state index in [4.69, 9.17) is 5.73 Å². The lowest BCUT2D eigenvalue weighted by Crippen LogP contribution is -2.43. The molecule has 0 spiro atoms. The molecule has 1 atom stereocenters. The molecule has 0 bridgehead atoms. The summed E-state index contributed by atoms with van der Waals surface area (Å²) < 4.78 is 0. The fourth-order valence-electron chi connectivity index (χ4n) is 1.61. The fourth-order valence-corrected chi connectivity index (χ4v) is 1.61. The molecule has 0 aliphatic carbocycles. The molecule has 1 fully saturated rings. The number of nitrogens with two attached hydrogens (primary N) is 1. The molecule has 0 aromatic rings. The maximum absolute atomic E-state index is 11.4.